The maximum Gasteiger partial charge on any atom is 0.266 e. The molecule has 0 atom stereocenters. The van der Waals surface area contributed by atoms with Crippen LogP contribution in [0.3, 0.4) is 0 Å². The molecule has 0 bridgehead atoms. The summed E-state index contributed by atoms with van der Waals surface area (Å²) in [6, 6.07) is 18.2. The Balaban J connectivity index is 1.57. The molecule has 0 N–H and O–H groups in total. The first-order chi connectivity index (χ1) is 17.9. The van der Waals surface area contributed by atoms with Crippen molar-refractivity contribution in [3.63, 3.8) is 0 Å². The molecule has 3 aromatic rings. The molecule has 3 aromatic carbocycles. The Morgan fingerprint density at radius 1 is 0.919 bits per heavy atom. The van der Waals surface area contributed by atoms with Crippen LogP contribution in [0.5, 0.6) is 11.5 Å². The topological polar surface area (TPSA) is 51.1 Å². The number of hydrogen-bond acceptors (Lipinski definition) is 5. The summed E-state index contributed by atoms with van der Waals surface area (Å²) in [5, 5.41) is 2.26. The van der Waals surface area contributed by atoms with Crippen molar-refractivity contribution in [3.05, 3.63) is 91.8 Å². The predicted molar refractivity (Wildman–Crippen MR) is 155 cm³/mol. The number of aliphatic imine (C=N–C) groups is 1. The third-order valence-corrected chi connectivity index (χ3v) is 7.33. The number of amidine groups is 1. The summed E-state index contributed by atoms with van der Waals surface area (Å²) < 4.78 is 11.8. The fourth-order valence-corrected chi connectivity index (χ4v) is 5.05. The highest BCUT2D eigenvalue weighted by molar-refractivity contribution is 8.18. The molecule has 1 fully saturated rings. The van der Waals surface area contributed by atoms with Crippen molar-refractivity contribution in [2.24, 2.45) is 4.99 Å². The average molecular weight is 576 g/mol. The zero-order chi connectivity index (χ0) is 26.4. The van der Waals surface area contributed by atoms with Gasteiger partial charge in [0.2, 0.25) is 0 Å². The highest BCUT2D eigenvalue weighted by atomic mass is 35.5. The molecule has 4 rings (SSSR count). The zero-order valence-electron chi connectivity index (χ0n) is 20.3. The Bertz CT molecular complexity index is 1340. The Morgan fingerprint density at radius 3 is 2.41 bits per heavy atom. The van der Waals surface area contributed by atoms with E-state index in [1.807, 2.05) is 56.3 Å². The van der Waals surface area contributed by atoms with E-state index in [4.69, 9.17) is 49.3 Å². The minimum atomic E-state index is -0.0718. The molecule has 1 amide bonds. The molecule has 0 saturated carbocycles. The van der Waals surface area contributed by atoms with Crippen molar-refractivity contribution in [3.8, 4) is 11.5 Å². The number of carbonyl (C=O) groups is 1. The summed E-state index contributed by atoms with van der Waals surface area (Å²) in [6.45, 7) is 5.31. The molecule has 192 valence electrons. The van der Waals surface area contributed by atoms with Crippen molar-refractivity contribution in [1.82, 2.24) is 4.90 Å². The number of hydrogen-bond donors (Lipinski definition) is 0. The maximum atomic E-state index is 13.2. The smallest absolute Gasteiger partial charge is 0.266 e. The lowest BCUT2D eigenvalue weighted by Crippen LogP contribution is -2.29. The number of benzene rings is 3. The SMILES string of the molecule is CCCN1C(=O)/C(=C/c2ccc(OCc3ccc(Cl)c(Cl)c3)c(OCC)c2)SC1=Nc1ccc(Cl)cc1. The molecule has 0 unspecified atom stereocenters. The number of nitrogens with zero attached hydrogens (tertiary/aromatic N) is 2. The van der Waals surface area contributed by atoms with E-state index in [2.05, 4.69) is 0 Å². The van der Waals surface area contributed by atoms with Crippen LogP contribution in [-0.2, 0) is 11.4 Å². The lowest BCUT2D eigenvalue weighted by molar-refractivity contribution is -0.122. The third kappa shape index (κ3) is 7.02. The molecule has 1 saturated heterocycles. The first-order valence-corrected chi connectivity index (χ1v) is 13.7. The van der Waals surface area contributed by atoms with Crippen molar-refractivity contribution < 1.29 is 14.3 Å². The molecule has 1 heterocycles. The summed E-state index contributed by atoms with van der Waals surface area (Å²) in [7, 11) is 0. The lowest BCUT2D eigenvalue weighted by Gasteiger charge is -2.14. The van der Waals surface area contributed by atoms with Gasteiger partial charge in [0.15, 0.2) is 16.7 Å². The molecular formula is C28H25Cl3N2O3S. The van der Waals surface area contributed by atoms with Crippen molar-refractivity contribution in [2.75, 3.05) is 13.2 Å². The highest BCUT2D eigenvalue weighted by Gasteiger charge is 2.32. The number of amides is 1. The van der Waals surface area contributed by atoms with E-state index in [0.29, 0.717) is 56.4 Å². The summed E-state index contributed by atoms with van der Waals surface area (Å²) >= 11 is 19.5. The van der Waals surface area contributed by atoms with Gasteiger partial charge in [0.05, 0.1) is 27.2 Å². The van der Waals surface area contributed by atoms with Gasteiger partial charge in [-0.05, 0) is 90.8 Å². The summed E-state index contributed by atoms with van der Waals surface area (Å²) in [4.78, 5) is 20.2. The van der Waals surface area contributed by atoms with E-state index in [1.54, 1.807) is 29.2 Å². The largest absolute Gasteiger partial charge is 0.490 e. The van der Waals surface area contributed by atoms with E-state index < -0.39 is 0 Å². The third-order valence-electron chi connectivity index (χ3n) is 5.33. The lowest BCUT2D eigenvalue weighted by atomic mass is 10.1. The quantitative estimate of drug-likeness (QED) is 0.240. The first kappa shape index (κ1) is 27.4. The van der Waals surface area contributed by atoms with Gasteiger partial charge < -0.3 is 9.47 Å². The normalized spacial score (nSPS) is 15.6. The van der Waals surface area contributed by atoms with E-state index >= 15 is 0 Å². The van der Waals surface area contributed by atoms with E-state index in [1.165, 1.54) is 11.8 Å². The van der Waals surface area contributed by atoms with Crippen molar-refractivity contribution in [2.45, 2.75) is 26.9 Å². The summed E-state index contributed by atoms with van der Waals surface area (Å²) in [5.41, 5.74) is 2.45. The molecule has 9 heteroatoms. The second kappa shape index (κ2) is 12.7. The number of ether oxygens (including phenoxy) is 2. The van der Waals surface area contributed by atoms with Gasteiger partial charge in [0.25, 0.3) is 5.91 Å². The Hall–Kier alpha value is -2.64. The number of rotatable bonds is 9. The van der Waals surface area contributed by atoms with E-state index in [-0.39, 0.29) is 5.91 Å². The van der Waals surface area contributed by atoms with Crippen LogP contribution in [0, 0.1) is 0 Å². The van der Waals surface area contributed by atoms with E-state index in [9.17, 15) is 4.79 Å². The fraction of sp³-hybridized carbons (Fsp3) is 0.214. The monoisotopic (exact) mass is 574 g/mol. The van der Waals surface area contributed by atoms with Crippen molar-refractivity contribution in [1.29, 1.82) is 0 Å². The number of halogens is 3. The summed E-state index contributed by atoms with van der Waals surface area (Å²) in [5.74, 6) is 1.11. The molecule has 1 aliphatic heterocycles. The molecule has 37 heavy (non-hydrogen) atoms. The van der Waals surface area contributed by atoms with Crippen LogP contribution in [0.2, 0.25) is 15.1 Å². The van der Waals surface area contributed by atoms with Crippen LogP contribution >= 0.6 is 46.6 Å². The fourth-order valence-electron chi connectivity index (χ4n) is 3.58. The van der Waals surface area contributed by atoms with Gasteiger partial charge in [0.1, 0.15) is 6.61 Å². The van der Waals surface area contributed by atoms with Gasteiger partial charge in [-0.2, -0.15) is 0 Å². The predicted octanol–water partition coefficient (Wildman–Crippen LogP) is 8.64. The Labute approximate surface area is 236 Å². The molecule has 5 nitrogen and oxygen atoms in total. The summed E-state index contributed by atoms with van der Waals surface area (Å²) in [6.07, 6.45) is 2.67. The van der Waals surface area contributed by atoms with Crippen LogP contribution < -0.4 is 9.47 Å². The van der Waals surface area contributed by atoms with Gasteiger partial charge >= 0.3 is 0 Å². The maximum absolute atomic E-state index is 13.2. The van der Waals surface area contributed by atoms with Gasteiger partial charge in [0, 0.05) is 11.6 Å². The van der Waals surface area contributed by atoms with Crippen molar-refractivity contribution >= 4 is 69.4 Å². The molecule has 0 spiro atoms. The molecule has 0 aliphatic carbocycles. The Kier molecular flexibility index (Phi) is 9.43. The molecule has 1 aliphatic rings. The molecule has 0 radical (unpaired) electrons. The second-order valence-electron chi connectivity index (χ2n) is 8.11. The number of thioether (sulfide) groups is 1. The highest BCUT2D eigenvalue weighted by Crippen LogP contribution is 2.36. The van der Waals surface area contributed by atoms with Gasteiger partial charge in [-0.15, -0.1) is 0 Å². The zero-order valence-corrected chi connectivity index (χ0v) is 23.4. The van der Waals surface area contributed by atoms with Crippen LogP contribution in [0.4, 0.5) is 5.69 Å². The molecule has 0 aromatic heterocycles. The van der Waals surface area contributed by atoms with Gasteiger partial charge in [-0.1, -0.05) is 53.9 Å². The standard InChI is InChI=1S/C28H25Cl3N2O3S/c1-3-13-33-27(34)26(37-28(33)32-21-9-7-20(29)8-10-21)16-18-6-12-24(25(15-18)35-4-2)36-17-19-5-11-22(30)23(31)14-19/h5-12,14-16H,3-4,13,17H2,1-2H3/b26-16-,32-28?. The van der Waals surface area contributed by atoms with Crippen LogP contribution in [0.15, 0.2) is 70.6 Å². The average Bonchev–Trinajstić information content (AvgIpc) is 3.16. The second-order valence-corrected chi connectivity index (χ2v) is 10.4. The minimum absolute atomic E-state index is 0.0718. The van der Waals surface area contributed by atoms with Gasteiger partial charge in [-0.25, -0.2) is 4.99 Å². The van der Waals surface area contributed by atoms with Crippen LogP contribution in [0.1, 0.15) is 31.4 Å². The van der Waals surface area contributed by atoms with Crippen LogP contribution in [0.25, 0.3) is 6.08 Å². The minimum Gasteiger partial charge on any atom is -0.490 e. The van der Waals surface area contributed by atoms with Gasteiger partial charge in [-0.3, -0.25) is 9.69 Å². The van der Waals surface area contributed by atoms with E-state index in [0.717, 1.165) is 23.2 Å². The molecular weight excluding hydrogens is 551 g/mol. The Morgan fingerprint density at radius 2 is 1.70 bits per heavy atom. The first-order valence-electron chi connectivity index (χ1n) is 11.8. The van der Waals surface area contributed by atoms with Crippen LogP contribution in [-0.4, -0.2) is 29.1 Å². The number of carbonyl (C=O) groups excluding carboxylic acids is 1.